The average Bonchev–Trinajstić information content (AvgIpc) is 3.14. The molecule has 34 heavy (non-hydrogen) atoms. The van der Waals surface area contributed by atoms with E-state index in [1.165, 1.54) is 23.9 Å². The molecule has 0 bridgehead atoms. The van der Waals surface area contributed by atoms with Gasteiger partial charge in [0.25, 0.3) is 5.69 Å². The van der Waals surface area contributed by atoms with Crippen LogP contribution in [0.5, 0.6) is 0 Å². The van der Waals surface area contributed by atoms with Crippen molar-refractivity contribution in [1.29, 1.82) is 0 Å². The Morgan fingerprint density at radius 2 is 1.76 bits per heavy atom. The number of nitrogens with zero attached hydrogens (tertiary/aromatic N) is 1. The first-order chi connectivity index (χ1) is 16.2. The van der Waals surface area contributed by atoms with Crippen LogP contribution in [0.4, 0.5) is 11.4 Å². The molecule has 3 aromatic carbocycles. The van der Waals surface area contributed by atoms with Crippen molar-refractivity contribution < 1.29 is 13.3 Å². The third-order valence-corrected chi connectivity index (χ3v) is 9.64. The molecule has 0 aromatic heterocycles. The fraction of sp³-hybridized carbons (Fsp3) is 0.250. The molecule has 0 amide bonds. The maximum absolute atomic E-state index is 12.0. The van der Waals surface area contributed by atoms with Crippen molar-refractivity contribution in [3.8, 4) is 0 Å². The predicted octanol–water partition coefficient (Wildman–Crippen LogP) is 5.28. The van der Waals surface area contributed by atoms with Crippen LogP contribution >= 0.6 is 23.4 Å². The third kappa shape index (κ3) is 4.17. The van der Waals surface area contributed by atoms with Crippen molar-refractivity contribution in [3.05, 3.63) is 94.0 Å². The van der Waals surface area contributed by atoms with Gasteiger partial charge in [0.15, 0.2) is 0 Å². The molecule has 7 nitrogen and oxygen atoms in total. The Kier molecular flexibility index (Phi) is 6.05. The van der Waals surface area contributed by atoms with Crippen LogP contribution in [0.25, 0.3) is 0 Å². The Morgan fingerprint density at radius 1 is 1.06 bits per heavy atom. The predicted molar refractivity (Wildman–Crippen MR) is 134 cm³/mol. The fourth-order valence-electron chi connectivity index (χ4n) is 5.13. The van der Waals surface area contributed by atoms with E-state index in [9.17, 15) is 18.5 Å². The highest BCUT2D eigenvalue weighted by Gasteiger charge is 2.50. The summed E-state index contributed by atoms with van der Waals surface area (Å²) in [5.74, 6) is -0.0847. The molecule has 3 aromatic rings. The highest BCUT2D eigenvalue weighted by molar-refractivity contribution is 8.00. The summed E-state index contributed by atoms with van der Waals surface area (Å²) < 4.78 is 24.1. The Labute approximate surface area is 206 Å². The number of nitro groups is 1. The lowest BCUT2D eigenvalue weighted by Gasteiger charge is -2.38. The van der Waals surface area contributed by atoms with Crippen LogP contribution in [-0.2, 0) is 10.0 Å². The van der Waals surface area contributed by atoms with Crippen molar-refractivity contribution in [1.82, 2.24) is 0 Å². The average molecular weight is 516 g/mol. The molecule has 10 heteroatoms. The smallest absolute Gasteiger partial charge is 0.282 e. The summed E-state index contributed by atoms with van der Waals surface area (Å²) in [6, 6.07) is 21.5. The lowest BCUT2D eigenvalue weighted by Crippen LogP contribution is -2.31. The zero-order valence-corrected chi connectivity index (χ0v) is 20.3. The van der Waals surface area contributed by atoms with Gasteiger partial charge in [-0.25, -0.2) is 13.6 Å². The van der Waals surface area contributed by atoms with Crippen LogP contribution < -0.4 is 10.5 Å². The second kappa shape index (κ2) is 8.88. The molecule has 1 saturated carbocycles. The number of hydrogen-bond acceptors (Lipinski definition) is 6. The van der Waals surface area contributed by atoms with E-state index in [2.05, 4.69) is 17.4 Å². The molecule has 1 fully saturated rings. The topological polar surface area (TPSA) is 115 Å². The zero-order valence-electron chi connectivity index (χ0n) is 17.9. The number of anilines is 1. The molecule has 1 aliphatic carbocycles. The zero-order chi connectivity index (χ0) is 24.0. The van der Waals surface area contributed by atoms with Gasteiger partial charge in [-0.1, -0.05) is 42.5 Å². The Balaban J connectivity index is 1.57. The maximum atomic E-state index is 12.0. The standard InChI is InChI=1S/C24H22ClN3O4S2/c25-23-21(33-20-9-5-4-8-19(20)28(29)30)13-17-22(23)16-12-15(34(26,31)32)10-11-18(16)27-24(17)14-6-2-1-3-7-14/h1-12,17,21-24,27H,13H2,(H2,26,31,32)/t17-,21-,22+,23-,24+/m1/s1. The molecule has 0 unspecified atom stereocenters. The third-order valence-electron chi connectivity index (χ3n) is 6.61. The maximum Gasteiger partial charge on any atom is 0.282 e. The van der Waals surface area contributed by atoms with Gasteiger partial charge in [0, 0.05) is 22.9 Å². The molecule has 2 aliphatic rings. The number of fused-ring (bicyclic) bond motifs is 3. The van der Waals surface area contributed by atoms with E-state index >= 15 is 0 Å². The number of sulfonamides is 1. The summed E-state index contributed by atoms with van der Waals surface area (Å²) in [6.45, 7) is 0. The summed E-state index contributed by atoms with van der Waals surface area (Å²) in [4.78, 5) is 11.8. The van der Waals surface area contributed by atoms with Gasteiger partial charge in [0.1, 0.15) is 0 Å². The van der Waals surface area contributed by atoms with Crippen LogP contribution in [-0.4, -0.2) is 24.0 Å². The molecule has 0 radical (unpaired) electrons. The van der Waals surface area contributed by atoms with Crippen molar-refractivity contribution in [2.24, 2.45) is 11.1 Å². The number of thioether (sulfide) groups is 1. The number of rotatable bonds is 5. The van der Waals surface area contributed by atoms with E-state index in [0.29, 0.717) is 11.3 Å². The molecule has 5 atom stereocenters. The van der Waals surface area contributed by atoms with Crippen LogP contribution in [0.1, 0.15) is 29.5 Å². The first kappa shape index (κ1) is 23.2. The number of benzene rings is 3. The SMILES string of the molecule is NS(=O)(=O)c1ccc2c(c1)[C@@H]1[C@H](Cl)[C@H](Sc3ccccc3[N+](=O)[O-])C[C@H]1[C@H](c1ccccc1)N2. The Morgan fingerprint density at radius 3 is 2.47 bits per heavy atom. The number of alkyl halides is 1. The van der Waals surface area contributed by atoms with E-state index in [4.69, 9.17) is 16.7 Å². The van der Waals surface area contributed by atoms with Crippen molar-refractivity contribution in [2.45, 2.75) is 38.8 Å². The number of nitrogens with one attached hydrogen (secondary N) is 1. The van der Waals surface area contributed by atoms with Gasteiger partial charge in [-0.3, -0.25) is 10.1 Å². The van der Waals surface area contributed by atoms with Gasteiger partial charge in [-0.15, -0.1) is 23.4 Å². The van der Waals surface area contributed by atoms with Crippen molar-refractivity contribution in [3.63, 3.8) is 0 Å². The first-order valence-corrected chi connectivity index (χ1v) is 13.6. The number of nitro benzene ring substituents is 1. The highest BCUT2D eigenvalue weighted by Crippen LogP contribution is 2.58. The second-order valence-electron chi connectivity index (χ2n) is 8.58. The van der Waals surface area contributed by atoms with Crippen LogP contribution in [0, 0.1) is 16.0 Å². The van der Waals surface area contributed by atoms with Gasteiger partial charge in [-0.2, -0.15) is 0 Å². The van der Waals surface area contributed by atoms with E-state index in [-0.39, 0.29) is 44.0 Å². The van der Waals surface area contributed by atoms with Crippen molar-refractivity contribution in [2.75, 3.05) is 5.32 Å². The summed E-state index contributed by atoms with van der Waals surface area (Å²) in [5.41, 5.74) is 2.80. The Bertz CT molecular complexity index is 1350. The molecule has 0 saturated heterocycles. The van der Waals surface area contributed by atoms with Crippen LogP contribution in [0.3, 0.4) is 0 Å². The molecular weight excluding hydrogens is 494 g/mol. The minimum Gasteiger partial charge on any atom is -0.378 e. The molecule has 3 N–H and O–H groups in total. The minimum absolute atomic E-state index is 0.0309. The Hall–Kier alpha value is -2.59. The molecular formula is C24H22ClN3O4S2. The second-order valence-corrected chi connectivity index (χ2v) is 11.9. The fourth-order valence-corrected chi connectivity index (χ4v) is 7.63. The van der Waals surface area contributed by atoms with Gasteiger partial charge in [0.05, 0.1) is 26.1 Å². The monoisotopic (exact) mass is 515 g/mol. The van der Waals surface area contributed by atoms with Gasteiger partial charge in [-0.05, 0) is 47.7 Å². The van der Waals surface area contributed by atoms with Gasteiger partial charge >= 0.3 is 0 Å². The number of para-hydroxylation sites is 1. The number of halogens is 1. The summed E-state index contributed by atoms with van der Waals surface area (Å²) >= 11 is 8.50. The minimum atomic E-state index is -3.88. The molecule has 0 spiro atoms. The van der Waals surface area contributed by atoms with Crippen molar-refractivity contribution >= 4 is 44.8 Å². The number of hydrogen-bond donors (Lipinski definition) is 2. The number of nitrogens with two attached hydrogens (primary N) is 1. The molecule has 1 heterocycles. The first-order valence-electron chi connectivity index (χ1n) is 10.8. The molecule has 5 rings (SSSR count). The quantitative estimate of drug-likeness (QED) is 0.271. The number of primary sulfonamides is 1. The van der Waals surface area contributed by atoms with Crippen LogP contribution in [0.15, 0.2) is 82.6 Å². The van der Waals surface area contributed by atoms with Gasteiger partial charge < -0.3 is 5.32 Å². The van der Waals surface area contributed by atoms with Crippen LogP contribution in [0.2, 0.25) is 0 Å². The largest absolute Gasteiger partial charge is 0.378 e. The summed E-state index contributed by atoms with van der Waals surface area (Å²) in [5, 5.41) is 20.1. The van der Waals surface area contributed by atoms with Gasteiger partial charge in [0.2, 0.25) is 10.0 Å². The highest BCUT2D eigenvalue weighted by atomic mass is 35.5. The van der Waals surface area contributed by atoms with E-state index in [0.717, 1.165) is 16.8 Å². The van der Waals surface area contributed by atoms with E-state index in [1.54, 1.807) is 30.3 Å². The lowest BCUT2D eigenvalue weighted by atomic mass is 9.77. The molecule has 176 valence electrons. The molecule has 1 aliphatic heterocycles. The van der Waals surface area contributed by atoms with E-state index < -0.39 is 10.0 Å². The normalized spacial score (nSPS) is 25.8. The summed E-state index contributed by atoms with van der Waals surface area (Å²) in [6.07, 6.45) is 0.709. The lowest BCUT2D eigenvalue weighted by molar-refractivity contribution is -0.387. The summed E-state index contributed by atoms with van der Waals surface area (Å²) in [7, 11) is -3.88. The van der Waals surface area contributed by atoms with E-state index in [1.807, 2.05) is 18.2 Å².